The number of nitrogens with zero attached hydrogens (tertiary/aromatic N) is 5. The number of benzene rings is 2. The van der Waals surface area contributed by atoms with Crippen molar-refractivity contribution in [3.8, 4) is 5.75 Å². The number of aromatic hydroxyl groups is 1. The Bertz CT molecular complexity index is 905. The minimum Gasteiger partial charge on any atom is -0.507 e. The van der Waals surface area contributed by atoms with Crippen LogP contribution in [-0.4, -0.2) is 21.6 Å². The molecule has 0 aliphatic heterocycles. The molecule has 0 fully saturated rings. The molecule has 3 N–H and O–H groups in total. The number of aliphatic imine (C=N–C) groups is 1. The van der Waals surface area contributed by atoms with Crippen LogP contribution in [0.25, 0.3) is 0 Å². The van der Waals surface area contributed by atoms with E-state index in [9.17, 15) is 5.11 Å². The summed E-state index contributed by atoms with van der Waals surface area (Å²) in [5, 5.41) is 25.1. The van der Waals surface area contributed by atoms with Crippen LogP contribution in [0.4, 0.5) is 23.0 Å². The summed E-state index contributed by atoms with van der Waals surface area (Å²) in [6.07, 6.45) is 1.39. The molecule has 0 radical (unpaired) electrons. The Labute approximate surface area is 144 Å². The molecule has 0 aliphatic rings. The molecule has 3 rings (SSSR count). The van der Waals surface area contributed by atoms with Crippen molar-refractivity contribution in [3.63, 3.8) is 0 Å². The van der Waals surface area contributed by atoms with E-state index in [-0.39, 0.29) is 17.4 Å². The average molecular weight is 387 g/mol. The first-order chi connectivity index (χ1) is 11.6. The Kier molecular flexibility index (Phi) is 4.62. The van der Waals surface area contributed by atoms with Gasteiger partial charge in [0.05, 0.1) is 11.4 Å². The van der Waals surface area contributed by atoms with Crippen molar-refractivity contribution < 1.29 is 9.74 Å². The van der Waals surface area contributed by atoms with E-state index in [0.717, 1.165) is 4.47 Å². The first-order valence-corrected chi connectivity index (χ1v) is 7.53. The van der Waals surface area contributed by atoms with Gasteiger partial charge in [-0.2, -0.15) is 10.2 Å². The van der Waals surface area contributed by atoms with E-state index in [1.807, 2.05) is 24.3 Å². The molecule has 0 amide bonds. The van der Waals surface area contributed by atoms with Crippen molar-refractivity contribution in [2.24, 2.45) is 15.2 Å². The SMILES string of the molecule is Nc1nonc1N=Cc1cc(N=Nc2ccc(Br)cc2)ccc1O. The number of halogens is 1. The van der Waals surface area contributed by atoms with Crippen LogP contribution in [0.1, 0.15) is 5.56 Å². The minimum absolute atomic E-state index is 0.0383. The summed E-state index contributed by atoms with van der Waals surface area (Å²) in [6, 6.07) is 12.2. The summed E-state index contributed by atoms with van der Waals surface area (Å²) in [4.78, 5) is 4.01. The molecule has 1 aromatic heterocycles. The van der Waals surface area contributed by atoms with Gasteiger partial charge in [0.1, 0.15) is 5.75 Å². The Hall–Kier alpha value is -3.07. The maximum absolute atomic E-state index is 9.89. The number of phenolic OH excluding ortho intramolecular Hbond substituents is 1. The van der Waals surface area contributed by atoms with Crippen molar-refractivity contribution in [3.05, 3.63) is 52.5 Å². The number of phenols is 1. The standard InChI is InChI=1S/C15H11BrN6O2/c16-10-1-3-11(4-2-10)19-20-12-5-6-13(23)9(7-12)8-18-15-14(17)21-24-22-15/h1-8,23H,(H2,17,21). The molecule has 0 aliphatic carbocycles. The van der Waals surface area contributed by atoms with Gasteiger partial charge in [-0.15, -0.1) is 0 Å². The second kappa shape index (κ2) is 7.01. The van der Waals surface area contributed by atoms with Gasteiger partial charge in [-0.1, -0.05) is 15.9 Å². The molecular formula is C15H11BrN6O2. The summed E-state index contributed by atoms with van der Waals surface area (Å²) in [7, 11) is 0. The van der Waals surface area contributed by atoms with Crippen LogP contribution in [0, 0.1) is 0 Å². The highest BCUT2D eigenvalue weighted by molar-refractivity contribution is 9.10. The number of nitrogens with two attached hydrogens (primary N) is 1. The van der Waals surface area contributed by atoms with Crippen LogP contribution in [0.2, 0.25) is 0 Å². The second-order valence-electron chi connectivity index (χ2n) is 4.65. The van der Waals surface area contributed by atoms with E-state index in [4.69, 9.17) is 5.73 Å². The predicted molar refractivity (Wildman–Crippen MR) is 92.4 cm³/mol. The highest BCUT2D eigenvalue weighted by Gasteiger charge is 2.04. The molecule has 24 heavy (non-hydrogen) atoms. The second-order valence-corrected chi connectivity index (χ2v) is 5.57. The lowest BCUT2D eigenvalue weighted by Gasteiger charge is -1.99. The van der Waals surface area contributed by atoms with Crippen LogP contribution in [-0.2, 0) is 0 Å². The van der Waals surface area contributed by atoms with E-state index in [0.29, 0.717) is 16.9 Å². The predicted octanol–water partition coefficient (Wildman–Crippen LogP) is 4.29. The summed E-state index contributed by atoms with van der Waals surface area (Å²) in [6.45, 7) is 0. The number of hydrogen-bond donors (Lipinski definition) is 2. The number of nitrogen functional groups attached to an aromatic ring is 1. The highest BCUT2D eigenvalue weighted by Crippen LogP contribution is 2.25. The molecule has 9 heteroatoms. The first kappa shape index (κ1) is 15.8. The molecule has 120 valence electrons. The summed E-state index contributed by atoms with van der Waals surface area (Å²) < 4.78 is 5.41. The molecule has 0 spiro atoms. The summed E-state index contributed by atoms with van der Waals surface area (Å²) in [5.41, 5.74) is 7.22. The molecule has 0 atom stereocenters. The van der Waals surface area contributed by atoms with E-state index < -0.39 is 0 Å². The third kappa shape index (κ3) is 3.82. The molecule has 1 heterocycles. The normalized spacial score (nSPS) is 11.5. The Morgan fingerprint density at radius 3 is 2.46 bits per heavy atom. The summed E-state index contributed by atoms with van der Waals surface area (Å²) in [5.74, 6) is 0.240. The van der Waals surface area contributed by atoms with Crippen molar-refractivity contribution in [1.82, 2.24) is 10.3 Å². The fourth-order valence-corrected chi connectivity index (χ4v) is 2.01. The van der Waals surface area contributed by atoms with Gasteiger partial charge in [0.15, 0.2) is 0 Å². The number of azo groups is 1. The van der Waals surface area contributed by atoms with E-state index >= 15 is 0 Å². The molecule has 0 saturated carbocycles. The Balaban J connectivity index is 1.82. The van der Waals surface area contributed by atoms with Gasteiger partial charge in [-0.25, -0.2) is 9.62 Å². The fraction of sp³-hybridized carbons (Fsp3) is 0. The zero-order valence-corrected chi connectivity index (χ0v) is 13.8. The van der Waals surface area contributed by atoms with E-state index in [1.54, 1.807) is 12.1 Å². The first-order valence-electron chi connectivity index (χ1n) is 6.74. The van der Waals surface area contributed by atoms with Gasteiger partial charge in [0.25, 0.3) is 0 Å². The summed E-state index contributed by atoms with van der Waals surface area (Å²) >= 11 is 3.36. The molecular weight excluding hydrogens is 376 g/mol. The van der Waals surface area contributed by atoms with Crippen LogP contribution >= 0.6 is 15.9 Å². The van der Waals surface area contributed by atoms with Crippen LogP contribution in [0.15, 0.2) is 66.8 Å². The maximum Gasteiger partial charge on any atom is 0.240 e. The minimum atomic E-state index is 0.0383. The molecule has 0 saturated heterocycles. The van der Waals surface area contributed by atoms with Gasteiger partial charge < -0.3 is 10.8 Å². The number of aromatic nitrogens is 2. The Morgan fingerprint density at radius 1 is 1.04 bits per heavy atom. The van der Waals surface area contributed by atoms with Gasteiger partial charge in [0, 0.05) is 16.3 Å². The van der Waals surface area contributed by atoms with Crippen molar-refractivity contribution in [2.45, 2.75) is 0 Å². The zero-order chi connectivity index (χ0) is 16.9. The smallest absolute Gasteiger partial charge is 0.240 e. The zero-order valence-electron chi connectivity index (χ0n) is 12.2. The largest absolute Gasteiger partial charge is 0.507 e. The molecule has 8 nitrogen and oxygen atoms in total. The lowest BCUT2D eigenvalue weighted by Crippen LogP contribution is -1.85. The van der Waals surface area contributed by atoms with Crippen LogP contribution < -0.4 is 5.73 Å². The van der Waals surface area contributed by atoms with Gasteiger partial charge in [-0.3, -0.25) is 0 Å². The Morgan fingerprint density at radius 2 is 1.75 bits per heavy atom. The van der Waals surface area contributed by atoms with Crippen LogP contribution in [0.5, 0.6) is 5.75 Å². The fourth-order valence-electron chi connectivity index (χ4n) is 1.74. The molecule has 0 bridgehead atoms. The average Bonchev–Trinajstić information content (AvgIpc) is 2.99. The number of rotatable bonds is 4. The van der Waals surface area contributed by atoms with Gasteiger partial charge >= 0.3 is 0 Å². The quantitative estimate of drug-likeness (QED) is 0.511. The highest BCUT2D eigenvalue weighted by atomic mass is 79.9. The lowest BCUT2D eigenvalue weighted by atomic mass is 10.2. The van der Waals surface area contributed by atoms with Crippen molar-refractivity contribution in [2.75, 3.05) is 5.73 Å². The monoisotopic (exact) mass is 386 g/mol. The van der Waals surface area contributed by atoms with Gasteiger partial charge in [-0.05, 0) is 52.8 Å². The van der Waals surface area contributed by atoms with Crippen molar-refractivity contribution >= 4 is 45.2 Å². The third-order valence-corrected chi connectivity index (χ3v) is 3.47. The molecule has 2 aromatic carbocycles. The third-order valence-electron chi connectivity index (χ3n) is 2.94. The van der Waals surface area contributed by atoms with E-state index in [1.165, 1.54) is 12.3 Å². The van der Waals surface area contributed by atoms with Gasteiger partial charge in [0.2, 0.25) is 11.6 Å². The number of hydrogen-bond acceptors (Lipinski definition) is 8. The van der Waals surface area contributed by atoms with Crippen LogP contribution in [0.3, 0.4) is 0 Å². The topological polar surface area (TPSA) is 122 Å². The van der Waals surface area contributed by atoms with E-state index in [2.05, 4.69) is 46.1 Å². The lowest BCUT2D eigenvalue weighted by molar-refractivity contribution is 0.310. The maximum atomic E-state index is 9.89. The number of anilines is 1. The molecule has 3 aromatic rings. The molecule has 0 unspecified atom stereocenters. The van der Waals surface area contributed by atoms with Crippen molar-refractivity contribution in [1.29, 1.82) is 0 Å².